The van der Waals surface area contributed by atoms with Gasteiger partial charge in [-0.2, -0.15) is 0 Å². The highest BCUT2D eigenvalue weighted by molar-refractivity contribution is 6.37. The van der Waals surface area contributed by atoms with Gasteiger partial charge in [-0.1, -0.05) is 11.6 Å². The van der Waals surface area contributed by atoms with Crippen LogP contribution in [0, 0.1) is 10.1 Å². The van der Waals surface area contributed by atoms with Crippen molar-refractivity contribution in [1.29, 1.82) is 0 Å². The third-order valence-electron chi connectivity index (χ3n) is 1.80. The van der Waals surface area contributed by atoms with Gasteiger partial charge >= 0.3 is 0 Å². The van der Waals surface area contributed by atoms with Gasteiger partial charge in [-0.15, -0.1) is 0 Å². The Morgan fingerprint density at radius 3 is 2.93 bits per heavy atom. The predicted octanol–water partition coefficient (Wildman–Crippen LogP) is 2.19. The van der Waals surface area contributed by atoms with Crippen LogP contribution >= 0.6 is 11.6 Å². The zero-order valence-electron chi connectivity index (χ0n) is 6.85. The van der Waals surface area contributed by atoms with Crippen molar-refractivity contribution in [3.63, 3.8) is 0 Å². The van der Waals surface area contributed by atoms with Crippen LogP contribution < -0.4 is 0 Å². The first kappa shape index (κ1) is 8.83. The van der Waals surface area contributed by atoms with E-state index in [1.54, 1.807) is 6.07 Å². The van der Waals surface area contributed by atoms with E-state index in [1.807, 2.05) is 0 Å². The highest BCUT2D eigenvalue weighted by atomic mass is 35.5. The highest BCUT2D eigenvalue weighted by Crippen LogP contribution is 2.30. The SMILES string of the molecule is O=[N+]([O-])c1ccc2ncncc2c1Cl. The van der Waals surface area contributed by atoms with Gasteiger partial charge in [0, 0.05) is 17.6 Å². The van der Waals surface area contributed by atoms with Crippen molar-refractivity contribution in [2.75, 3.05) is 0 Å². The van der Waals surface area contributed by atoms with Crippen LogP contribution in [0.3, 0.4) is 0 Å². The molecule has 0 spiro atoms. The third kappa shape index (κ3) is 1.27. The zero-order chi connectivity index (χ0) is 10.1. The lowest BCUT2D eigenvalue weighted by molar-refractivity contribution is -0.384. The Morgan fingerprint density at radius 2 is 2.21 bits per heavy atom. The Bertz CT molecular complexity index is 515. The van der Waals surface area contributed by atoms with Gasteiger partial charge in [0.05, 0.1) is 10.4 Å². The molecule has 2 rings (SSSR count). The molecule has 0 N–H and O–H groups in total. The van der Waals surface area contributed by atoms with Crippen molar-refractivity contribution < 1.29 is 4.92 Å². The number of benzene rings is 1. The van der Waals surface area contributed by atoms with Crippen molar-refractivity contribution in [2.45, 2.75) is 0 Å². The summed E-state index contributed by atoms with van der Waals surface area (Å²) in [4.78, 5) is 17.7. The second-order valence-electron chi connectivity index (χ2n) is 2.61. The molecule has 1 aromatic carbocycles. The van der Waals surface area contributed by atoms with Crippen LogP contribution in [0.5, 0.6) is 0 Å². The van der Waals surface area contributed by atoms with E-state index in [4.69, 9.17) is 11.6 Å². The molecule has 0 bridgehead atoms. The molecule has 0 amide bonds. The maximum absolute atomic E-state index is 10.5. The summed E-state index contributed by atoms with van der Waals surface area (Å²) in [6.45, 7) is 0. The predicted molar refractivity (Wildman–Crippen MR) is 51.2 cm³/mol. The first-order chi connectivity index (χ1) is 6.70. The summed E-state index contributed by atoms with van der Waals surface area (Å²) in [5.41, 5.74) is 0.463. The molecule has 5 nitrogen and oxygen atoms in total. The molecule has 0 aliphatic heterocycles. The number of hydrogen-bond donors (Lipinski definition) is 0. The Labute approximate surface area is 83.5 Å². The molecule has 0 saturated heterocycles. The standard InChI is InChI=1S/C8H4ClN3O2/c9-8-5-3-10-4-11-6(5)1-2-7(8)12(13)14/h1-4H. The van der Waals surface area contributed by atoms with E-state index in [-0.39, 0.29) is 10.7 Å². The molecule has 2 aromatic rings. The van der Waals surface area contributed by atoms with E-state index in [2.05, 4.69) is 9.97 Å². The minimum absolute atomic E-state index is 0.0769. The van der Waals surface area contributed by atoms with Crippen molar-refractivity contribution in [3.8, 4) is 0 Å². The Balaban J connectivity index is 2.81. The van der Waals surface area contributed by atoms with Crippen molar-refractivity contribution in [2.24, 2.45) is 0 Å². The number of nitro benzene ring substituents is 1. The van der Waals surface area contributed by atoms with Gasteiger partial charge in [0.25, 0.3) is 5.69 Å². The van der Waals surface area contributed by atoms with Crippen LogP contribution in [0.1, 0.15) is 0 Å². The minimum Gasteiger partial charge on any atom is -0.258 e. The van der Waals surface area contributed by atoms with E-state index in [9.17, 15) is 10.1 Å². The van der Waals surface area contributed by atoms with Gasteiger partial charge in [0.1, 0.15) is 11.3 Å². The van der Waals surface area contributed by atoms with Crippen LogP contribution in [-0.4, -0.2) is 14.9 Å². The summed E-state index contributed by atoms with van der Waals surface area (Å²) >= 11 is 5.81. The monoisotopic (exact) mass is 209 g/mol. The number of nitro groups is 1. The van der Waals surface area contributed by atoms with Gasteiger partial charge in [0.15, 0.2) is 0 Å². The smallest absolute Gasteiger partial charge is 0.258 e. The first-order valence-electron chi connectivity index (χ1n) is 3.73. The number of nitrogens with zero attached hydrogens (tertiary/aromatic N) is 3. The molecule has 70 valence electrons. The van der Waals surface area contributed by atoms with E-state index in [0.717, 1.165) is 0 Å². The van der Waals surface area contributed by atoms with Gasteiger partial charge in [0.2, 0.25) is 0 Å². The normalized spacial score (nSPS) is 10.4. The Kier molecular flexibility index (Phi) is 2.01. The second-order valence-corrected chi connectivity index (χ2v) is 2.99. The maximum Gasteiger partial charge on any atom is 0.288 e. The molecule has 0 atom stereocenters. The first-order valence-corrected chi connectivity index (χ1v) is 4.10. The largest absolute Gasteiger partial charge is 0.288 e. The molecule has 1 heterocycles. The fourth-order valence-corrected chi connectivity index (χ4v) is 1.43. The fraction of sp³-hybridized carbons (Fsp3) is 0. The lowest BCUT2D eigenvalue weighted by Crippen LogP contribution is -1.90. The van der Waals surface area contributed by atoms with Crippen molar-refractivity contribution in [1.82, 2.24) is 9.97 Å². The topological polar surface area (TPSA) is 68.9 Å². The molecule has 6 heteroatoms. The molecule has 0 aliphatic rings. The second kappa shape index (κ2) is 3.19. The van der Waals surface area contributed by atoms with Crippen molar-refractivity contribution >= 4 is 28.2 Å². The molecular formula is C8H4ClN3O2. The molecule has 0 saturated carbocycles. The molecule has 0 unspecified atom stereocenters. The van der Waals surface area contributed by atoms with Crippen LogP contribution in [0.2, 0.25) is 5.02 Å². The Hall–Kier alpha value is -1.75. The molecule has 0 aliphatic carbocycles. The molecule has 14 heavy (non-hydrogen) atoms. The van der Waals surface area contributed by atoms with E-state index >= 15 is 0 Å². The van der Waals surface area contributed by atoms with Crippen LogP contribution in [0.4, 0.5) is 5.69 Å². The van der Waals surface area contributed by atoms with E-state index < -0.39 is 4.92 Å². The molecule has 1 aromatic heterocycles. The lowest BCUT2D eigenvalue weighted by atomic mass is 10.2. The number of halogens is 1. The highest BCUT2D eigenvalue weighted by Gasteiger charge is 2.14. The number of rotatable bonds is 1. The average Bonchev–Trinajstić information content (AvgIpc) is 2.18. The molecule has 0 fully saturated rings. The average molecular weight is 210 g/mol. The van der Waals surface area contributed by atoms with Gasteiger partial charge in [-0.05, 0) is 6.07 Å². The summed E-state index contributed by atoms with van der Waals surface area (Å²) in [5, 5.41) is 11.1. The fourth-order valence-electron chi connectivity index (χ4n) is 1.15. The summed E-state index contributed by atoms with van der Waals surface area (Å²) in [5.74, 6) is 0. The van der Waals surface area contributed by atoms with Crippen molar-refractivity contribution in [3.05, 3.63) is 39.8 Å². The van der Waals surface area contributed by atoms with E-state index in [0.29, 0.717) is 10.9 Å². The summed E-state index contributed by atoms with van der Waals surface area (Å²) in [6.07, 6.45) is 2.82. The quantitative estimate of drug-likeness (QED) is 0.533. The van der Waals surface area contributed by atoms with Gasteiger partial charge in [-0.25, -0.2) is 9.97 Å². The lowest BCUT2D eigenvalue weighted by Gasteiger charge is -1.98. The number of aromatic nitrogens is 2. The number of hydrogen-bond acceptors (Lipinski definition) is 4. The summed E-state index contributed by atoms with van der Waals surface area (Å²) in [7, 11) is 0. The van der Waals surface area contributed by atoms with Crippen LogP contribution in [0.15, 0.2) is 24.7 Å². The van der Waals surface area contributed by atoms with Crippen LogP contribution in [-0.2, 0) is 0 Å². The minimum atomic E-state index is -0.533. The van der Waals surface area contributed by atoms with Crippen LogP contribution in [0.25, 0.3) is 10.9 Å². The number of fused-ring (bicyclic) bond motifs is 1. The van der Waals surface area contributed by atoms with E-state index in [1.165, 1.54) is 18.6 Å². The van der Waals surface area contributed by atoms with Gasteiger partial charge < -0.3 is 0 Å². The molecular weight excluding hydrogens is 206 g/mol. The molecule has 0 radical (unpaired) electrons. The third-order valence-corrected chi connectivity index (χ3v) is 2.20. The maximum atomic E-state index is 10.5. The van der Waals surface area contributed by atoms with Gasteiger partial charge in [-0.3, -0.25) is 10.1 Å². The zero-order valence-corrected chi connectivity index (χ0v) is 7.60. The summed E-state index contributed by atoms with van der Waals surface area (Å²) in [6, 6.07) is 2.87. The Morgan fingerprint density at radius 1 is 1.43 bits per heavy atom. The summed E-state index contributed by atoms with van der Waals surface area (Å²) < 4.78 is 0.